The summed E-state index contributed by atoms with van der Waals surface area (Å²) in [6.07, 6.45) is 1.30. The maximum atomic E-state index is 13.1. The number of hydrogen-bond acceptors (Lipinski definition) is 7. The van der Waals surface area contributed by atoms with E-state index < -0.39 is 22.8 Å². The zero-order valence-corrected chi connectivity index (χ0v) is 20.6. The fourth-order valence-electron chi connectivity index (χ4n) is 3.47. The van der Waals surface area contributed by atoms with Crippen LogP contribution in [-0.4, -0.2) is 29.9 Å². The number of carbonyl (C=O) groups is 3. The van der Waals surface area contributed by atoms with Gasteiger partial charge in [0.15, 0.2) is 11.5 Å². The van der Waals surface area contributed by atoms with Gasteiger partial charge in [-0.25, -0.2) is 9.69 Å². The minimum atomic E-state index is -0.969. The standard InChI is InChI=1S/C25H17Cl2N3O7/c1-36-22-11-14(2-9-21(22)37-13-15-3-4-16(26)12-20(15)27)10-19-23(31)28-25(33)29(24(19)32)17-5-7-18(8-6-17)30(34)35/h2-12H,13H2,1H3,(H,28,31,33)/b19-10+. The molecule has 188 valence electrons. The van der Waals surface area contributed by atoms with Gasteiger partial charge in [-0.1, -0.05) is 35.3 Å². The number of amides is 4. The number of non-ortho nitro benzene ring substituents is 1. The zero-order chi connectivity index (χ0) is 26.7. The van der Waals surface area contributed by atoms with Gasteiger partial charge in [-0.15, -0.1) is 0 Å². The number of rotatable bonds is 7. The quantitative estimate of drug-likeness (QED) is 0.189. The van der Waals surface area contributed by atoms with Crippen molar-refractivity contribution in [3.63, 3.8) is 0 Å². The number of barbiturate groups is 1. The summed E-state index contributed by atoms with van der Waals surface area (Å²) in [5.74, 6) is -1.06. The molecule has 0 saturated carbocycles. The molecule has 4 rings (SSSR count). The summed E-state index contributed by atoms with van der Waals surface area (Å²) in [5, 5.41) is 13.9. The van der Waals surface area contributed by atoms with Crippen LogP contribution in [0.2, 0.25) is 10.0 Å². The van der Waals surface area contributed by atoms with Crippen LogP contribution in [0.5, 0.6) is 11.5 Å². The molecule has 1 aliphatic heterocycles. The second-order valence-corrected chi connectivity index (χ2v) is 8.51. The normalized spacial score (nSPS) is 14.5. The number of ether oxygens (including phenoxy) is 2. The summed E-state index contributed by atoms with van der Waals surface area (Å²) >= 11 is 12.1. The van der Waals surface area contributed by atoms with Crippen molar-refractivity contribution in [3.8, 4) is 11.5 Å². The first-order valence-electron chi connectivity index (χ1n) is 10.6. The first-order chi connectivity index (χ1) is 17.7. The first kappa shape index (κ1) is 25.7. The minimum absolute atomic E-state index is 0.0636. The third-order valence-electron chi connectivity index (χ3n) is 5.32. The van der Waals surface area contributed by atoms with E-state index in [0.29, 0.717) is 32.7 Å². The smallest absolute Gasteiger partial charge is 0.335 e. The number of nitrogens with zero attached hydrogens (tertiary/aromatic N) is 2. The maximum absolute atomic E-state index is 13.1. The van der Waals surface area contributed by atoms with E-state index in [1.54, 1.807) is 36.4 Å². The molecule has 1 saturated heterocycles. The largest absolute Gasteiger partial charge is 0.493 e. The van der Waals surface area contributed by atoms with Gasteiger partial charge in [0, 0.05) is 27.7 Å². The Morgan fingerprint density at radius 2 is 1.73 bits per heavy atom. The lowest BCUT2D eigenvalue weighted by Crippen LogP contribution is -2.54. The lowest BCUT2D eigenvalue weighted by Gasteiger charge is -2.26. The third kappa shape index (κ3) is 5.55. The molecule has 0 radical (unpaired) electrons. The predicted molar refractivity (Wildman–Crippen MR) is 136 cm³/mol. The Balaban J connectivity index is 1.58. The van der Waals surface area contributed by atoms with Crippen molar-refractivity contribution >= 4 is 58.5 Å². The molecule has 0 bridgehead atoms. The zero-order valence-electron chi connectivity index (χ0n) is 19.1. The van der Waals surface area contributed by atoms with E-state index in [1.807, 2.05) is 0 Å². The molecule has 0 spiro atoms. The van der Waals surface area contributed by atoms with Gasteiger partial charge in [0.05, 0.1) is 17.7 Å². The van der Waals surface area contributed by atoms with Gasteiger partial charge in [0.1, 0.15) is 12.2 Å². The summed E-state index contributed by atoms with van der Waals surface area (Å²) in [6, 6.07) is 13.6. The molecule has 3 aromatic rings. The van der Waals surface area contributed by atoms with E-state index in [9.17, 15) is 24.5 Å². The van der Waals surface area contributed by atoms with Crippen LogP contribution in [0, 0.1) is 10.1 Å². The van der Waals surface area contributed by atoms with Gasteiger partial charge >= 0.3 is 6.03 Å². The number of carbonyl (C=O) groups excluding carboxylic acids is 3. The van der Waals surface area contributed by atoms with E-state index >= 15 is 0 Å². The number of nitro benzene ring substituents is 1. The molecule has 0 atom stereocenters. The summed E-state index contributed by atoms with van der Waals surface area (Å²) in [4.78, 5) is 48.9. The van der Waals surface area contributed by atoms with Crippen molar-refractivity contribution in [2.75, 3.05) is 12.0 Å². The van der Waals surface area contributed by atoms with Gasteiger partial charge in [-0.2, -0.15) is 0 Å². The highest BCUT2D eigenvalue weighted by molar-refractivity contribution is 6.39. The number of urea groups is 1. The van der Waals surface area contributed by atoms with Crippen molar-refractivity contribution in [2.24, 2.45) is 0 Å². The van der Waals surface area contributed by atoms with E-state index in [0.717, 1.165) is 17.0 Å². The van der Waals surface area contributed by atoms with Crippen LogP contribution in [-0.2, 0) is 16.2 Å². The van der Waals surface area contributed by atoms with Crippen molar-refractivity contribution in [1.29, 1.82) is 0 Å². The van der Waals surface area contributed by atoms with Crippen molar-refractivity contribution in [2.45, 2.75) is 6.61 Å². The van der Waals surface area contributed by atoms with E-state index in [-0.39, 0.29) is 23.6 Å². The SMILES string of the molecule is COc1cc(/C=C2\C(=O)NC(=O)N(c3ccc([N+](=O)[O-])cc3)C2=O)ccc1OCc1ccc(Cl)cc1Cl. The van der Waals surface area contributed by atoms with Crippen LogP contribution < -0.4 is 19.7 Å². The van der Waals surface area contributed by atoms with Crippen molar-refractivity contribution in [1.82, 2.24) is 5.32 Å². The van der Waals surface area contributed by atoms with Gasteiger partial charge in [-0.05, 0) is 48.0 Å². The average Bonchev–Trinajstić information content (AvgIpc) is 2.86. The van der Waals surface area contributed by atoms with Crippen LogP contribution in [0.4, 0.5) is 16.2 Å². The molecule has 12 heteroatoms. The molecule has 1 N–H and O–H groups in total. The Bertz CT molecular complexity index is 1460. The summed E-state index contributed by atoms with van der Waals surface area (Å²) < 4.78 is 11.2. The molecule has 3 aromatic carbocycles. The van der Waals surface area contributed by atoms with Crippen LogP contribution in [0.1, 0.15) is 11.1 Å². The Morgan fingerprint density at radius 3 is 2.38 bits per heavy atom. The first-order valence-corrected chi connectivity index (χ1v) is 11.3. The van der Waals surface area contributed by atoms with E-state index in [4.69, 9.17) is 32.7 Å². The highest BCUT2D eigenvalue weighted by Crippen LogP contribution is 2.32. The molecule has 0 unspecified atom stereocenters. The highest BCUT2D eigenvalue weighted by Gasteiger charge is 2.37. The second kappa shape index (κ2) is 10.7. The molecule has 4 amide bonds. The van der Waals surface area contributed by atoms with E-state index in [1.165, 1.54) is 25.3 Å². The topological polar surface area (TPSA) is 128 Å². The van der Waals surface area contributed by atoms with Crippen molar-refractivity contribution < 1.29 is 28.8 Å². The van der Waals surface area contributed by atoms with Gasteiger partial charge < -0.3 is 9.47 Å². The fourth-order valence-corrected chi connectivity index (χ4v) is 3.93. The monoisotopic (exact) mass is 541 g/mol. The maximum Gasteiger partial charge on any atom is 0.335 e. The third-order valence-corrected chi connectivity index (χ3v) is 5.90. The van der Waals surface area contributed by atoms with Gasteiger partial charge in [0.25, 0.3) is 17.5 Å². The summed E-state index contributed by atoms with van der Waals surface area (Å²) in [6.45, 7) is 0.139. The number of halogens is 2. The highest BCUT2D eigenvalue weighted by atomic mass is 35.5. The number of benzene rings is 3. The average molecular weight is 542 g/mol. The summed E-state index contributed by atoms with van der Waals surface area (Å²) in [7, 11) is 1.43. The van der Waals surface area contributed by atoms with Crippen LogP contribution >= 0.6 is 23.2 Å². The Kier molecular flexibility index (Phi) is 7.42. The molecular formula is C25H17Cl2N3O7. The minimum Gasteiger partial charge on any atom is -0.493 e. The van der Waals surface area contributed by atoms with Crippen molar-refractivity contribution in [3.05, 3.63) is 97.5 Å². The molecule has 1 aliphatic rings. The Morgan fingerprint density at radius 1 is 1.00 bits per heavy atom. The molecule has 37 heavy (non-hydrogen) atoms. The summed E-state index contributed by atoms with van der Waals surface area (Å²) in [5.41, 5.74) is 0.661. The number of nitrogens with one attached hydrogen (secondary N) is 1. The number of imide groups is 2. The molecule has 10 nitrogen and oxygen atoms in total. The fraction of sp³-hybridized carbons (Fsp3) is 0.0800. The van der Waals surface area contributed by atoms with Gasteiger partial charge in [0.2, 0.25) is 0 Å². The molecule has 0 aliphatic carbocycles. The van der Waals surface area contributed by atoms with Gasteiger partial charge in [-0.3, -0.25) is 25.0 Å². The number of hydrogen-bond donors (Lipinski definition) is 1. The molecule has 1 fully saturated rings. The number of anilines is 1. The molecule has 1 heterocycles. The lowest BCUT2D eigenvalue weighted by atomic mass is 10.1. The number of nitro groups is 1. The Labute approximate surface area is 220 Å². The van der Waals surface area contributed by atoms with Crippen LogP contribution in [0.15, 0.2) is 66.2 Å². The lowest BCUT2D eigenvalue weighted by molar-refractivity contribution is -0.384. The molecule has 0 aromatic heterocycles. The van der Waals surface area contributed by atoms with Crippen LogP contribution in [0.3, 0.4) is 0 Å². The predicted octanol–water partition coefficient (Wildman–Crippen LogP) is 5.16. The van der Waals surface area contributed by atoms with E-state index in [2.05, 4.69) is 5.32 Å². The second-order valence-electron chi connectivity index (χ2n) is 7.67. The number of methoxy groups -OCH3 is 1. The Hall–Kier alpha value is -4.41. The van der Waals surface area contributed by atoms with Crippen LogP contribution in [0.25, 0.3) is 6.08 Å². The molecular weight excluding hydrogens is 525 g/mol.